The van der Waals surface area contributed by atoms with Crippen LogP contribution in [0, 0.1) is 0 Å². The number of likely N-dealkylation sites (N-methyl/N-ethyl adjacent to an activating group) is 1. The van der Waals surface area contributed by atoms with Crippen LogP contribution in [0.15, 0.2) is 0 Å². The Kier molecular flexibility index (Phi) is 2.88. The van der Waals surface area contributed by atoms with Crippen molar-refractivity contribution in [2.45, 2.75) is 45.0 Å². The first-order chi connectivity index (χ1) is 6.25. The fourth-order valence-electron chi connectivity index (χ4n) is 1.92. The lowest BCUT2D eigenvalue weighted by Crippen LogP contribution is -2.49. The van der Waals surface area contributed by atoms with Crippen LogP contribution >= 0.6 is 0 Å². The van der Waals surface area contributed by atoms with Crippen molar-refractivity contribution in [2.24, 2.45) is 0 Å². The van der Waals surface area contributed by atoms with Gasteiger partial charge in [0.05, 0.1) is 6.04 Å². The smallest absolute Gasteiger partial charge is 0.242 e. The number of nitrogens with zero attached hydrogens (tertiary/aromatic N) is 2. The van der Waals surface area contributed by atoms with E-state index in [1.165, 1.54) is 0 Å². The van der Waals surface area contributed by atoms with E-state index >= 15 is 0 Å². The van der Waals surface area contributed by atoms with Crippen molar-refractivity contribution in [1.82, 2.24) is 9.80 Å². The molecule has 0 aromatic rings. The Labute approximate surface area is 85.5 Å². The summed E-state index contributed by atoms with van der Waals surface area (Å²) in [5.74, 6) is 0.0231. The molecule has 0 bridgehead atoms. The van der Waals surface area contributed by atoms with Gasteiger partial charge in [0, 0.05) is 12.0 Å². The lowest BCUT2D eigenvalue weighted by molar-refractivity contribution is -0.142. The minimum absolute atomic E-state index is 0.0231. The van der Waals surface area contributed by atoms with Crippen molar-refractivity contribution in [3.63, 3.8) is 0 Å². The van der Waals surface area contributed by atoms with Crippen LogP contribution in [-0.4, -0.2) is 52.7 Å². The van der Waals surface area contributed by atoms with Crippen LogP contribution in [0.25, 0.3) is 0 Å². The van der Waals surface area contributed by atoms with E-state index in [1.807, 2.05) is 39.8 Å². The van der Waals surface area contributed by atoms with Crippen molar-refractivity contribution in [2.75, 3.05) is 14.1 Å². The highest BCUT2D eigenvalue weighted by atomic mass is 16.3. The SMILES string of the molecule is CN(C)C1CC(O)N(C(C)(C)C)C1=O. The largest absolute Gasteiger partial charge is 0.373 e. The predicted molar refractivity (Wildman–Crippen MR) is 54.7 cm³/mol. The number of aliphatic hydroxyl groups is 1. The number of hydrogen-bond acceptors (Lipinski definition) is 3. The minimum atomic E-state index is -0.644. The third-order valence-electron chi connectivity index (χ3n) is 2.60. The molecule has 0 saturated carbocycles. The summed E-state index contributed by atoms with van der Waals surface area (Å²) in [5.41, 5.74) is -0.304. The van der Waals surface area contributed by atoms with Gasteiger partial charge in [-0.2, -0.15) is 0 Å². The number of rotatable bonds is 1. The average Bonchev–Trinajstić information content (AvgIpc) is 2.24. The topological polar surface area (TPSA) is 43.8 Å². The number of aliphatic hydroxyl groups excluding tert-OH is 1. The molecular weight excluding hydrogens is 180 g/mol. The highest BCUT2D eigenvalue weighted by Crippen LogP contribution is 2.28. The summed E-state index contributed by atoms with van der Waals surface area (Å²) >= 11 is 0. The van der Waals surface area contributed by atoms with E-state index in [1.54, 1.807) is 4.90 Å². The van der Waals surface area contributed by atoms with Crippen molar-refractivity contribution in [3.8, 4) is 0 Å². The molecule has 0 radical (unpaired) electrons. The molecule has 0 aliphatic carbocycles. The molecule has 1 heterocycles. The summed E-state index contributed by atoms with van der Waals surface area (Å²) in [7, 11) is 3.73. The summed E-state index contributed by atoms with van der Waals surface area (Å²) in [6.07, 6.45) is -0.141. The number of amides is 1. The molecule has 14 heavy (non-hydrogen) atoms. The monoisotopic (exact) mass is 200 g/mol. The third kappa shape index (κ3) is 1.91. The lowest BCUT2D eigenvalue weighted by atomic mass is 10.1. The molecule has 1 rings (SSSR count). The fraction of sp³-hybridized carbons (Fsp3) is 0.900. The summed E-state index contributed by atoms with van der Waals surface area (Å²) in [6, 6.07) is -0.177. The van der Waals surface area contributed by atoms with E-state index in [-0.39, 0.29) is 17.5 Å². The molecule has 4 heteroatoms. The molecule has 82 valence electrons. The Balaban J connectivity index is 2.86. The molecule has 1 amide bonds. The molecule has 0 aromatic heterocycles. The summed E-state index contributed by atoms with van der Waals surface area (Å²) in [4.78, 5) is 15.4. The van der Waals surface area contributed by atoms with Gasteiger partial charge < -0.3 is 10.0 Å². The van der Waals surface area contributed by atoms with E-state index in [0.29, 0.717) is 6.42 Å². The Morgan fingerprint density at radius 3 is 2.14 bits per heavy atom. The van der Waals surface area contributed by atoms with Gasteiger partial charge in [0.2, 0.25) is 5.91 Å². The summed E-state index contributed by atoms with van der Waals surface area (Å²) in [5, 5.41) is 9.79. The molecular formula is C10H20N2O2. The van der Waals surface area contributed by atoms with Gasteiger partial charge in [-0.1, -0.05) is 0 Å². The van der Waals surface area contributed by atoms with Gasteiger partial charge >= 0.3 is 0 Å². The lowest BCUT2D eigenvalue weighted by Gasteiger charge is -2.34. The van der Waals surface area contributed by atoms with Gasteiger partial charge in [-0.05, 0) is 34.9 Å². The minimum Gasteiger partial charge on any atom is -0.373 e. The second-order valence-electron chi connectivity index (χ2n) is 5.07. The second kappa shape index (κ2) is 3.51. The standard InChI is InChI=1S/C10H20N2O2/c1-10(2,3)12-8(13)6-7(9(12)14)11(4)5/h7-8,13H,6H2,1-5H3. The molecule has 4 nitrogen and oxygen atoms in total. The zero-order valence-electron chi connectivity index (χ0n) is 9.61. The van der Waals surface area contributed by atoms with Gasteiger partial charge in [0.25, 0.3) is 0 Å². The molecule has 1 N–H and O–H groups in total. The van der Waals surface area contributed by atoms with Crippen LogP contribution in [0.4, 0.5) is 0 Å². The van der Waals surface area contributed by atoms with Crippen LogP contribution in [0.1, 0.15) is 27.2 Å². The van der Waals surface area contributed by atoms with Crippen LogP contribution in [0.3, 0.4) is 0 Å². The molecule has 2 atom stereocenters. The average molecular weight is 200 g/mol. The predicted octanol–water partition coefficient (Wildman–Crippen LogP) is 0.266. The maximum atomic E-state index is 11.9. The first kappa shape index (κ1) is 11.5. The van der Waals surface area contributed by atoms with E-state index in [0.717, 1.165) is 0 Å². The van der Waals surface area contributed by atoms with Crippen molar-refractivity contribution in [1.29, 1.82) is 0 Å². The number of carbonyl (C=O) groups is 1. The zero-order chi connectivity index (χ0) is 11.1. The molecule has 1 aliphatic heterocycles. The Hall–Kier alpha value is -0.610. The first-order valence-electron chi connectivity index (χ1n) is 4.93. The van der Waals surface area contributed by atoms with Gasteiger partial charge in [-0.15, -0.1) is 0 Å². The van der Waals surface area contributed by atoms with Gasteiger partial charge in [-0.25, -0.2) is 0 Å². The molecule has 1 fully saturated rings. The van der Waals surface area contributed by atoms with Crippen molar-refractivity contribution in [3.05, 3.63) is 0 Å². The Bertz CT molecular complexity index is 233. The maximum absolute atomic E-state index is 11.9. The van der Waals surface area contributed by atoms with Crippen LogP contribution < -0.4 is 0 Å². The van der Waals surface area contributed by atoms with Crippen LogP contribution in [0.5, 0.6) is 0 Å². The fourth-order valence-corrected chi connectivity index (χ4v) is 1.92. The van der Waals surface area contributed by atoms with E-state index in [2.05, 4.69) is 0 Å². The quantitative estimate of drug-likeness (QED) is 0.660. The van der Waals surface area contributed by atoms with E-state index in [9.17, 15) is 9.90 Å². The summed E-state index contributed by atoms with van der Waals surface area (Å²) < 4.78 is 0. The normalized spacial score (nSPS) is 29.1. The van der Waals surface area contributed by atoms with E-state index in [4.69, 9.17) is 0 Å². The molecule has 0 aromatic carbocycles. The van der Waals surface area contributed by atoms with Crippen molar-refractivity contribution >= 4 is 5.91 Å². The maximum Gasteiger partial charge on any atom is 0.242 e. The van der Waals surface area contributed by atoms with E-state index < -0.39 is 6.23 Å². The van der Waals surface area contributed by atoms with Crippen LogP contribution in [-0.2, 0) is 4.79 Å². The third-order valence-corrected chi connectivity index (χ3v) is 2.60. The highest BCUT2D eigenvalue weighted by Gasteiger charge is 2.44. The molecule has 0 spiro atoms. The first-order valence-corrected chi connectivity index (χ1v) is 4.93. The number of carbonyl (C=O) groups excluding carboxylic acids is 1. The second-order valence-corrected chi connectivity index (χ2v) is 5.07. The molecule has 1 saturated heterocycles. The van der Waals surface area contributed by atoms with Gasteiger partial charge in [0.15, 0.2) is 0 Å². The van der Waals surface area contributed by atoms with Gasteiger partial charge in [-0.3, -0.25) is 9.69 Å². The summed E-state index contributed by atoms with van der Waals surface area (Å²) in [6.45, 7) is 5.81. The van der Waals surface area contributed by atoms with Gasteiger partial charge in [0.1, 0.15) is 6.23 Å². The number of hydrogen-bond donors (Lipinski definition) is 1. The zero-order valence-corrected chi connectivity index (χ0v) is 9.61. The number of likely N-dealkylation sites (tertiary alicyclic amines) is 1. The molecule has 1 aliphatic rings. The molecule has 2 unspecified atom stereocenters. The Morgan fingerprint density at radius 2 is 1.93 bits per heavy atom. The van der Waals surface area contributed by atoms with Crippen molar-refractivity contribution < 1.29 is 9.90 Å². The van der Waals surface area contributed by atoms with Crippen LogP contribution in [0.2, 0.25) is 0 Å². The Morgan fingerprint density at radius 1 is 1.43 bits per heavy atom. The highest BCUT2D eigenvalue weighted by molar-refractivity contribution is 5.84.